The second-order valence-corrected chi connectivity index (χ2v) is 6.40. The molecule has 0 saturated heterocycles. The second kappa shape index (κ2) is 7.92. The first-order valence-electron chi connectivity index (χ1n) is 8.59. The predicted octanol–water partition coefficient (Wildman–Crippen LogP) is 3.96. The van der Waals surface area contributed by atoms with Crippen molar-refractivity contribution in [1.82, 2.24) is 15.0 Å². The number of nitrogens with one attached hydrogen (secondary N) is 2. The molecule has 0 amide bonds. The van der Waals surface area contributed by atoms with E-state index in [4.69, 9.17) is 11.6 Å². The molecule has 29 heavy (non-hydrogen) atoms. The number of aromatic amines is 1. The number of fused-ring (bicyclic) bond motifs is 1. The van der Waals surface area contributed by atoms with E-state index in [1.165, 1.54) is 6.21 Å². The molecule has 140 valence electrons. The number of nitrogens with zero attached hydrogens (tertiary/aromatic N) is 4. The van der Waals surface area contributed by atoms with E-state index < -0.39 is 5.56 Å². The van der Waals surface area contributed by atoms with Gasteiger partial charge < -0.3 is 0 Å². The minimum Gasteiger partial charge on any atom is -0.290 e. The Labute approximate surface area is 170 Å². The van der Waals surface area contributed by atoms with Crippen molar-refractivity contribution in [2.45, 2.75) is 0 Å². The summed E-state index contributed by atoms with van der Waals surface area (Å²) in [5.41, 5.74) is 4.49. The van der Waals surface area contributed by atoms with Crippen molar-refractivity contribution in [2.24, 2.45) is 5.10 Å². The maximum absolute atomic E-state index is 12.3. The van der Waals surface area contributed by atoms with Crippen LogP contribution in [0.25, 0.3) is 22.2 Å². The summed E-state index contributed by atoms with van der Waals surface area (Å²) in [6, 6.07) is 18.2. The SMILES string of the molecule is N#Cc1c(-c2ccccc2)nc(NN=Cc2ccc3ncccc3c2Cl)[nH]c1=O. The highest BCUT2D eigenvalue weighted by Gasteiger charge is 2.13. The van der Waals surface area contributed by atoms with Gasteiger partial charge in [0, 0.05) is 22.7 Å². The molecule has 2 N–H and O–H groups in total. The van der Waals surface area contributed by atoms with Crippen molar-refractivity contribution in [1.29, 1.82) is 5.26 Å². The van der Waals surface area contributed by atoms with E-state index in [0.717, 1.165) is 10.9 Å². The maximum atomic E-state index is 12.3. The minimum atomic E-state index is -0.547. The first-order chi connectivity index (χ1) is 14.2. The van der Waals surface area contributed by atoms with Crippen LogP contribution in [-0.2, 0) is 0 Å². The highest BCUT2D eigenvalue weighted by Crippen LogP contribution is 2.25. The van der Waals surface area contributed by atoms with Gasteiger partial charge >= 0.3 is 0 Å². The highest BCUT2D eigenvalue weighted by atomic mass is 35.5. The highest BCUT2D eigenvalue weighted by molar-refractivity contribution is 6.37. The number of halogens is 1. The fourth-order valence-electron chi connectivity index (χ4n) is 2.83. The van der Waals surface area contributed by atoms with Crippen LogP contribution in [-0.4, -0.2) is 21.2 Å². The van der Waals surface area contributed by atoms with E-state index in [-0.39, 0.29) is 17.2 Å². The number of nitriles is 1. The van der Waals surface area contributed by atoms with Crippen molar-refractivity contribution < 1.29 is 0 Å². The fourth-order valence-corrected chi connectivity index (χ4v) is 3.10. The van der Waals surface area contributed by atoms with Gasteiger partial charge in [0.2, 0.25) is 5.95 Å². The van der Waals surface area contributed by atoms with Crippen LogP contribution in [0, 0.1) is 11.3 Å². The summed E-state index contributed by atoms with van der Waals surface area (Å²) in [7, 11) is 0. The number of aromatic nitrogens is 3. The smallest absolute Gasteiger partial charge is 0.270 e. The van der Waals surface area contributed by atoms with Crippen molar-refractivity contribution in [3.05, 3.63) is 87.3 Å². The quantitative estimate of drug-likeness (QED) is 0.398. The Hall–Kier alpha value is -4.02. The zero-order valence-electron chi connectivity index (χ0n) is 14.9. The second-order valence-electron chi connectivity index (χ2n) is 6.02. The van der Waals surface area contributed by atoms with Crippen LogP contribution in [0.4, 0.5) is 5.95 Å². The molecule has 2 heterocycles. The van der Waals surface area contributed by atoms with Crippen LogP contribution in [0.1, 0.15) is 11.1 Å². The maximum Gasteiger partial charge on any atom is 0.270 e. The molecule has 0 aliphatic carbocycles. The summed E-state index contributed by atoms with van der Waals surface area (Å²) < 4.78 is 0. The molecule has 2 aromatic carbocycles. The van der Waals surface area contributed by atoms with E-state index in [1.807, 2.05) is 30.3 Å². The molecule has 4 aromatic rings. The summed E-state index contributed by atoms with van der Waals surface area (Å²) in [6.45, 7) is 0. The first kappa shape index (κ1) is 18.3. The summed E-state index contributed by atoms with van der Waals surface area (Å²) >= 11 is 6.42. The van der Waals surface area contributed by atoms with Crippen molar-refractivity contribution in [2.75, 3.05) is 5.43 Å². The molecule has 0 saturated carbocycles. The molecule has 0 spiro atoms. The molecule has 0 aliphatic heterocycles. The first-order valence-corrected chi connectivity index (χ1v) is 8.97. The van der Waals surface area contributed by atoms with E-state index in [9.17, 15) is 10.1 Å². The largest absolute Gasteiger partial charge is 0.290 e. The van der Waals surface area contributed by atoms with Crippen molar-refractivity contribution in [3.63, 3.8) is 0 Å². The molecule has 7 nitrogen and oxygen atoms in total. The summed E-state index contributed by atoms with van der Waals surface area (Å²) in [6.07, 6.45) is 3.22. The van der Waals surface area contributed by atoms with Gasteiger partial charge in [-0.25, -0.2) is 10.4 Å². The topological polar surface area (TPSA) is 107 Å². The van der Waals surface area contributed by atoms with E-state index in [0.29, 0.717) is 16.1 Å². The van der Waals surface area contributed by atoms with Gasteiger partial charge in [0.15, 0.2) is 0 Å². The summed E-state index contributed by atoms with van der Waals surface area (Å²) in [5, 5.41) is 14.8. The monoisotopic (exact) mass is 400 g/mol. The zero-order chi connectivity index (χ0) is 20.2. The summed E-state index contributed by atoms with van der Waals surface area (Å²) in [4.78, 5) is 23.4. The molecular formula is C21H13ClN6O. The van der Waals surface area contributed by atoms with E-state index >= 15 is 0 Å². The molecular weight excluding hydrogens is 388 g/mol. The lowest BCUT2D eigenvalue weighted by Gasteiger charge is -2.06. The van der Waals surface area contributed by atoms with Crippen molar-refractivity contribution in [3.8, 4) is 17.3 Å². The molecule has 8 heteroatoms. The van der Waals surface area contributed by atoms with Gasteiger partial charge in [-0.1, -0.05) is 41.9 Å². The predicted molar refractivity (Wildman–Crippen MR) is 113 cm³/mol. The fraction of sp³-hybridized carbons (Fsp3) is 0. The molecule has 0 fully saturated rings. The Bertz CT molecular complexity index is 1320. The lowest BCUT2D eigenvalue weighted by molar-refractivity contribution is 1.08. The third-order valence-corrected chi connectivity index (χ3v) is 4.62. The van der Waals surface area contributed by atoms with Crippen LogP contribution >= 0.6 is 11.6 Å². The van der Waals surface area contributed by atoms with Gasteiger partial charge in [0.1, 0.15) is 11.6 Å². The van der Waals surface area contributed by atoms with Gasteiger partial charge in [0.25, 0.3) is 5.56 Å². The van der Waals surface area contributed by atoms with Gasteiger partial charge in [0.05, 0.1) is 22.4 Å². The van der Waals surface area contributed by atoms with E-state index in [1.54, 1.807) is 36.5 Å². The lowest BCUT2D eigenvalue weighted by atomic mass is 10.1. The van der Waals surface area contributed by atoms with Gasteiger partial charge in [-0.15, -0.1) is 0 Å². The molecule has 4 rings (SSSR count). The van der Waals surface area contributed by atoms with Gasteiger partial charge in [-0.2, -0.15) is 10.4 Å². The standard InChI is InChI=1S/C21H13ClN6O/c22-18-14(8-9-17-15(18)7-4-10-24-17)12-25-28-21-26-19(13-5-2-1-3-6-13)16(11-23)20(29)27-21/h1-10,12H,(H2,26,27,28,29). The molecule has 0 unspecified atom stereocenters. The Kier molecular flexibility index (Phi) is 5.01. The number of benzene rings is 2. The van der Waals surface area contributed by atoms with Gasteiger partial charge in [-0.05, 0) is 24.3 Å². The van der Waals surface area contributed by atoms with Crippen LogP contribution in [0.5, 0.6) is 0 Å². The van der Waals surface area contributed by atoms with Crippen LogP contribution in [0.3, 0.4) is 0 Å². The Balaban J connectivity index is 1.66. The van der Waals surface area contributed by atoms with Crippen LogP contribution < -0.4 is 11.0 Å². The zero-order valence-corrected chi connectivity index (χ0v) is 15.7. The third kappa shape index (κ3) is 3.70. The van der Waals surface area contributed by atoms with Crippen LogP contribution in [0.2, 0.25) is 5.02 Å². The third-order valence-electron chi connectivity index (χ3n) is 4.20. The Morgan fingerprint density at radius 3 is 2.76 bits per heavy atom. The number of hydrogen-bond donors (Lipinski definition) is 2. The average Bonchev–Trinajstić information content (AvgIpc) is 2.76. The van der Waals surface area contributed by atoms with Gasteiger partial charge in [-0.3, -0.25) is 14.8 Å². The average molecular weight is 401 g/mol. The number of H-pyrrole nitrogens is 1. The molecule has 2 aromatic heterocycles. The molecule has 0 aliphatic rings. The normalized spacial score (nSPS) is 10.9. The Morgan fingerprint density at radius 2 is 1.97 bits per heavy atom. The van der Waals surface area contributed by atoms with Crippen LogP contribution in [0.15, 0.2) is 70.7 Å². The number of hydrogen-bond acceptors (Lipinski definition) is 6. The Morgan fingerprint density at radius 1 is 1.14 bits per heavy atom. The molecule has 0 radical (unpaired) electrons. The number of pyridine rings is 1. The molecule has 0 atom stereocenters. The number of rotatable bonds is 4. The summed E-state index contributed by atoms with van der Waals surface area (Å²) in [5.74, 6) is 0.114. The van der Waals surface area contributed by atoms with Crippen molar-refractivity contribution >= 4 is 34.7 Å². The number of hydrazone groups is 1. The number of anilines is 1. The van der Waals surface area contributed by atoms with E-state index in [2.05, 4.69) is 25.5 Å². The minimum absolute atomic E-state index is 0.0594. The molecule has 0 bridgehead atoms. The lowest BCUT2D eigenvalue weighted by Crippen LogP contribution is -2.16.